The number of hydrogen-bond acceptors (Lipinski definition) is 2. The maximum Gasteiger partial charge on any atom is 0.106 e. The summed E-state index contributed by atoms with van der Waals surface area (Å²) in [7, 11) is 0. The first-order valence-corrected chi connectivity index (χ1v) is 3.58. The molecule has 0 aliphatic carbocycles. The van der Waals surface area contributed by atoms with Crippen LogP contribution in [0.25, 0.3) is 0 Å². The van der Waals surface area contributed by atoms with Crippen molar-refractivity contribution in [2.45, 2.75) is 20.4 Å². The van der Waals surface area contributed by atoms with Gasteiger partial charge in [0.2, 0.25) is 0 Å². The van der Waals surface area contributed by atoms with Crippen molar-refractivity contribution in [3.8, 4) is 0 Å². The molecule has 0 aliphatic heterocycles. The van der Waals surface area contributed by atoms with Crippen LogP contribution in [0.5, 0.6) is 0 Å². The monoisotopic (exact) mass is 149 g/mol. The third-order valence-corrected chi connectivity index (χ3v) is 1.53. The molecule has 1 aromatic rings. The standard InChI is InChI=1S/C9H11NO/c1-7-3-8(2)5-9(4-7)6-10-11/h3-5H,6H2,1-2H3. The summed E-state index contributed by atoms with van der Waals surface area (Å²) in [5, 5.41) is 2.84. The number of hydrogen-bond donors (Lipinski definition) is 0. The summed E-state index contributed by atoms with van der Waals surface area (Å²) in [6.07, 6.45) is 0. The SMILES string of the molecule is Cc1cc(C)cc(CN=O)c1. The highest BCUT2D eigenvalue weighted by atomic mass is 16.3. The minimum absolute atomic E-state index is 0.280. The lowest BCUT2D eigenvalue weighted by Crippen LogP contribution is -1.84. The van der Waals surface area contributed by atoms with E-state index in [1.54, 1.807) is 0 Å². The molecule has 11 heavy (non-hydrogen) atoms. The van der Waals surface area contributed by atoms with Crippen molar-refractivity contribution in [3.05, 3.63) is 39.8 Å². The van der Waals surface area contributed by atoms with Gasteiger partial charge in [-0.1, -0.05) is 34.5 Å². The van der Waals surface area contributed by atoms with Crippen molar-refractivity contribution in [3.63, 3.8) is 0 Å². The largest absolute Gasteiger partial charge is 0.150 e. The Balaban J connectivity index is 2.98. The third kappa shape index (κ3) is 2.15. The smallest absolute Gasteiger partial charge is 0.106 e. The van der Waals surface area contributed by atoms with Crippen molar-refractivity contribution in [1.29, 1.82) is 0 Å². The van der Waals surface area contributed by atoms with Crippen molar-refractivity contribution < 1.29 is 0 Å². The van der Waals surface area contributed by atoms with E-state index < -0.39 is 0 Å². The topological polar surface area (TPSA) is 29.4 Å². The molecule has 0 unspecified atom stereocenters. The number of nitrogens with zero attached hydrogens (tertiary/aromatic N) is 1. The molecule has 0 N–H and O–H groups in total. The van der Waals surface area contributed by atoms with Gasteiger partial charge in [0.05, 0.1) is 0 Å². The molecule has 0 saturated heterocycles. The van der Waals surface area contributed by atoms with Crippen LogP contribution in [0.15, 0.2) is 23.4 Å². The molecule has 58 valence electrons. The zero-order valence-corrected chi connectivity index (χ0v) is 6.79. The molecule has 0 saturated carbocycles. The Morgan fingerprint density at radius 1 is 1.18 bits per heavy atom. The summed E-state index contributed by atoms with van der Waals surface area (Å²) in [4.78, 5) is 9.95. The minimum atomic E-state index is 0.280. The van der Waals surface area contributed by atoms with E-state index in [1.165, 1.54) is 11.1 Å². The quantitative estimate of drug-likeness (QED) is 0.594. The summed E-state index contributed by atoms with van der Waals surface area (Å²) >= 11 is 0. The molecule has 2 nitrogen and oxygen atoms in total. The molecule has 0 amide bonds. The zero-order chi connectivity index (χ0) is 8.27. The van der Waals surface area contributed by atoms with Gasteiger partial charge in [-0.05, 0) is 19.4 Å². The second kappa shape index (κ2) is 3.28. The minimum Gasteiger partial charge on any atom is -0.150 e. The fraction of sp³-hybridized carbons (Fsp3) is 0.333. The van der Waals surface area contributed by atoms with Gasteiger partial charge >= 0.3 is 0 Å². The Morgan fingerprint density at radius 2 is 1.73 bits per heavy atom. The average molecular weight is 149 g/mol. The van der Waals surface area contributed by atoms with Gasteiger partial charge in [0.15, 0.2) is 0 Å². The second-order valence-corrected chi connectivity index (χ2v) is 2.78. The first-order valence-electron chi connectivity index (χ1n) is 3.58. The predicted octanol–water partition coefficient (Wildman–Crippen LogP) is 2.57. The third-order valence-electron chi connectivity index (χ3n) is 1.53. The molecule has 0 radical (unpaired) electrons. The first kappa shape index (κ1) is 7.92. The first-order chi connectivity index (χ1) is 5.22. The van der Waals surface area contributed by atoms with Crippen LogP contribution < -0.4 is 0 Å². The molecular weight excluding hydrogens is 138 g/mol. The molecule has 0 aliphatic rings. The molecule has 0 spiro atoms. The Morgan fingerprint density at radius 3 is 2.18 bits per heavy atom. The lowest BCUT2D eigenvalue weighted by atomic mass is 10.1. The average Bonchev–Trinajstić information content (AvgIpc) is 1.85. The van der Waals surface area contributed by atoms with Crippen LogP contribution in [0.2, 0.25) is 0 Å². The summed E-state index contributed by atoms with van der Waals surface area (Å²) < 4.78 is 0. The lowest BCUT2D eigenvalue weighted by molar-refractivity contribution is 1.04. The van der Waals surface area contributed by atoms with Crippen molar-refractivity contribution >= 4 is 0 Å². The summed E-state index contributed by atoms with van der Waals surface area (Å²) in [6.45, 7) is 4.31. The van der Waals surface area contributed by atoms with E-state index in [2.05, 4.69) is 11.2 Å². The number of nitroso groups, excluding NO2 is 1. The highest BCUT2D eigenvalue weighted by Crippen LogP contribution is 2.09. The van der Waals surface area contributed by atoms with Gasteiger partial charge in [-0.15, -0.1) is 0 Å². The van der Waals surface area contributed by atoms with Crippen LogP contribution in [-0.4, -0.2) is 0 Å². The van der Waals surface area contributed by atoms with E-state index in [4.69, 9.17) is 0 Å². The van der Waals surface area contributed by atoms with Gasteiger partial charge in [0.1, 0.15) is 6.54 Å². The van der Waals surface area contributed by atoms with Crippen LogP contribution in [0.1, 0.15) is 16.7 Å². The van der Waals surface area contributed by atoms with Crippen LogP contribution in [0.3, 0.4) is 0 Å². The molecule has 0 fully saturated rings. The van der Waals surface area contributed by atoms with E-state index in [0.29, 0.717) is 0 Å². The summed E-state index contributed by atoms with van der Waals surface area (Å²) in [5.74, 6) is 0. The van der Waals surface area contributed by atoms with Gasteiger partial charge < -0.3 is 0 Å². The van der Waals surface area contributed by atoms with Gasteiger partial charge in [-0.25, -0.2) is 0 Å². The maximum absolute atomic E-state index is 9.95. The van der Waals surface area contributed by atoms with Crippen molar-refractivity contribution in [2.75, 3.05) is 0 Å². The van der Waals surface area contributed by atoms with Crippen LogP contribution in [0, 0.1) is 18.8 Å². The van der Waals surface area contributed by atoms with E-state index >= 15 is 0 Å². The van der Waals surface area contributed by atoms with E-state index in [0.717, 1.165) is 5.56 Å². The highest BCUT2D eigenvalue weighted by molar-refractivity contribution is 5.28. The predicted molar refractivity (Wildman–Crippen MR) is 45.4 cm³/mol. The summed E-state index contributed by atoms with van der Waals surface area (Å²) in [5.41, 5.74) is 3.37. The summed E-state index contributed by atoms with van der Waals surface area (Å²) in [6, 6.07) is 6.04. The van der Waals surface area contributed by atoms with Crippen LogP contribution in [-0.2, 0) is 6.54 Å². The molecule has 2 heteroatoms. The Bertz CT molecular complexity index is 248. The van der Waals surface area contributed by atoms with E-state index in [1.807, 2.05) is 26.0 Å². The normalized spacial score (nSPS) is 9.64. The van der Waals surface area contributed by atoms with Gasteiger partial charge in [-0.2, -0.15) is 4.91 Å². The highest BCUT2D eigenvalue weighted by Gasteiger charge is 1.94. The maximum atomic E-state index is 9.95. The number of benzene rings is 1. The second-order valence-electron chi connectivity index (χ2n) is 2.78. The molecule has 0 bridgehead atoms. The van der Waals surface area contributed by atoms with Crippen LogP contribution >= 0.6 is 0 Å². The molecule has 1 rings (SSSR count). The molecule has 0 heterocycles. The molecule has 0 aromatic heterocycles. The Hall–Kier alpha value is -1.18. The Labute approximate surface area is 66.2 Å². The van der Waals surface area contributed by atoms with Crippen molar-refractivity contribution in [2.24, 2.45) is 5.18 Å². The van der Waals surface area contributed by atoms with Gasteiger partial charge in [0, 0.05) is 0 Å². The molecule has 1 aromatic carbocycles. The van der Waals surface area contributed by atoms with Crippen LogP contribution in [0.4, 0.5) is 0 Å². The van der Waals surface area contributed by atoms with Gasteiger partial charge in [-0.3, -0.25) is 0 Å². The van der Waals surface area contributed by atoms with E-state index in [-0.39, 0.29) is 6.54 Å². The van der Waals surface area contributed by atoms with E-state index in [9.17, 15) is 4.91 Å². The lowest BCUT2D eigenvalue weighted by Gasteiger charge is -1.99. The number of rotatable bonds is 2. The zero-order valence-electron chi connectivity index (χ0n) is 6.79. The molecule has 0 atom stereocenters. The fourth-order valence-corrected chi connectivity index (χ4v) is 1.23. The number of aryl methyl sites for hydroxylation is 2. The van der Waals surface area contributed by atoms with Gasteiger partial charge in [0.25, 0.3) is 0 Å². The molecular formula is C9H11NO. The van der Waals surface area contributed by atoms with Crippen molar-refractivity contribution in [1.82, 2.24) is 0 Å². The fourth-order valence-electron chi connectivity index (χ4n) is 1.23. The Kier molecular flexibility index (Phi) is 2.36.